The molecule has 0 aliphatic heterocycles. The van der Waals surface area contributed by atoms with E-state index in [9.17, 15) is 9.59 Å². The fraction of sp³-hybridized carbons (Fsp3) is 0.167. The monoisotopic (exact) mass is 375 g/mol. The van der Waals surface area contributed by atoms with E-state index >= 15 is 0 Å². The molecule has 0 saturated heterocycles. The summed E-state index contributed by atoms with van der Waals surface area (Å²) in [6, 6.07) is 10.1. The van der Waals surface area contributed by atoms with Crippen LogP contribution < -0.4 is 5.32 Å². The number of rotatable bonds is 6. The van der Waals surface area contributed by atoms with Crippen LogP contribution in [-0.2, 0) is 11.3 Å². The summed E-state index contributed by atoms with van der Waals surface area (Å²) in [6.07, 6.45) is 3.90. The van der Waals surface area contributed by atoms with Crippen molar-refractivity contribution < 1.29 is 9.59 Å². The Hall–Kier alpha value is -2.37. The van der Waals surface area contributed by atoms with Gasteiger partial charge in [0.05, 0.1) is 12.2 Å². The molecule has 128 valence electrons. The van der Waals surface area contributed by atoms with Gasteiger partial charge in [-0.1, -0.05) is 23.2 Å². The standard InChI is InChI=1S/C18H15Cl2N3O2/c19-13-3-1-12(2-4-13)16(24)5-6-18(25)21-10-15-11-23-8-7-14(20)9-17(23)22-15/h1-4,7-9,11H,5-6,10H2,(H,21,25). The molecule has 2 heterocycles. The minimum absolute atomic E-state index is 0.0887. The molecule has 5 nitrogen and oxygen atoms in total. The number of carbonyl (C=O) groups excluding carboxylic acids is 2. The molecule has 0 aliphatic carbocycles. The molecule has 0 aliphatic rings. The van der Waals surface area contributed by atoms with Crippen LogP contribution in [0, 0.1) is 0 Å². The summed E-state index contributed by atoms with van der Waals surface area (Å²) in [5.41, 5.74) is 1.99. The van der Waals surface area contributed by atoms with Crippen LogP contribution in [0.5, 0.6) is 0 Å². The maximum absolute atomic E-state index is 12.0. The number of halogens is 2. The van der Waals surface area contributed by atoms with Crippen molar-refractivity contribution in [1.29, 1.82) is 0 Å². The molecule has 1 N–H and O–H groups in total. The topological polar surface area (TPSA) is 63.5 Å². The fourth-order valence-corrected chi connectivity index (χ4v) is 2.66. The molecule has 0 unspecified atom stereocenters. The van der Waals surface area contributed by atoms with Gasteiger partial charge in [-0.25, -0.2) is 4.98 Å². The zero-order chi connectivity index (χ0) is 17.8. The number of ketones is 1. The third kappa shape index (κ3) is 4.59. The van der Waals surface area contributed by atoms with Crippen molar-refractivity contribution in [3.63, 3.8) is 0 Å². The number of fused-ring (bicyclic) bond motifs is 1. The highest BCUT2D eigenvalue weighted by atomic mass is 35.5. The highest BCUT2D eigenvalue weighted by Crippen LogP contribution is 2.13. The van der Waals surface area contributed by atoms with Crippen LogP contribution >= 0.6 is 23.2 Å². The normalized spacial score (nSPS) is 10.8. The lowest BCUT2D eigenvalue weighted by Crippen LogP contribution is -2.23. The molecule has 0 saturated carbocycles. The highest BCUT2D eigenvalue weighted by Gasteiger charge is 2.10. The molecule has 3 rings (SSSR count). The summed E-state index contributed by atoms with van der Waals surface area (Å²) in [5, 5.41) is 3.95. The quantitative estimate of drug-likeness (QED) is 0.664. The van der Waals surface area contributed by atoms with Gasteiger partial charge in [0.15, 0.2) is 5.78 Å². The van der Waals surface area contributed by atoms with Crippen molar-refractivity contribution in [1.82, 2.24) is 14.7 Å². The van der Waals surface area contributed by atoms with Gasteiger partial charge in [-0.2, -0.15) is 0 Å². The van der Waals surface area contributed by atoms with E-state index in [0.29, 0.717) is 22.2 Å². The number of benzene rings is 1. The van der Waals surface area contributed by atoms with Crippen LogP contribution in [0.4, 0.5) is 0 Å². The molecule has 7 heteroatoms. The Morgan fingerprint density at radius 1 is 1.04 bits per heavy atom. The summed E-state index contributed by atoms with van der Waals surface area (Å²) in [4.78, 5) is 28.3. The van der Waals surface area contributed by atoms with Gasteiger partial charge in [-0.15, -0.1) is 0 Å². The predicted molar refractivity (Wildman–Crippen MR) is 97.1 cm³/mol. The Bertz CT molecular complexity index is 920. The van der Waals surface area contributed by atoms with Gasteiger partial charge in [0, 0.05) is 40.8 Å². The third-order valence-corrected chi connectivity index (χ3v) is 4.17. The lowest BCUT2D eigenvalue weighted by Gasteiger charge is -2.03. The molecule has 3 aromatic rings. The van der Waals surface area contributed by atoms with E-state index < -0.39 is 0 Å². The van der Waals surface area contributed by atoms with Crippen molar-refractivity contribution in [3.05, 3.63) is 70.1 Å². The first-order valence-corrected chi connectivity index (χ1v) is 8.45. The molecule has 1 amide bonds. The van der Waals surface area contributed by atoms with Gasteiger partial charge in [0.2, 0.25) is 5.91 Å². The minimum Gasteiger partial charge on any atom is -0.350 e. The minimum atomic E-state index is -0.197. The summed E-state index contributed by atoms with van der Waals surface area (Å²) in [5.74, 6) is -0.286. The van der Waals surface area contributed by atoms with E-state index in [1.165, 1.54) is 0 Å². The van der Waals surface area contributed by atoms with Crippen LogP contribution in [0.3, 0.4) is 0 Å². The molecule has 0 radical (unpaired) electrons. The number of amides is 1. The maximum atomic E-state index is 12.0. The second-order valence-electron chi connectivity index (χ2n) is 5.55. The zero-order valence-corrected chi connectivity index (χ0v) is 14.7. The van der Waals surface area contributed by atoms with Crippen molar-refractivity contribution >= 4 is 40.5 Å². The number of hydrogen-bond donors (Lipinski definition) is 1. The molecular weight excluding hydrogens is 361 g/mol. The van der Waals surface area contributed by atoms with Gasteiger partial charge < -0.3 is 9.72 Å². The number of nitrogens with one attached hydrogen (secondary N) is 1. The first-order valence-electron chi connectivity index (χ1n) is 7.70. The Balaban J connectivity index is 1.50. The molecular formula is C18H15Cl2N3O2. The summed E-state index contributed by atoms with van der Waals surface area (Å²) >= 11 is 11.7. The smallest absolute Gasteiger partial charge is 0.220 e. The zero-order valence-electron chi connectivity index (χ0n) is 13.2. The van der Waals surface area contributed by atoms with E-state index in [2.05, 4.69) is 10.3 Å². The third-order valence-electron chi connectivity index (χ3n) is 3.68. The van der Waals surface area contributed by atoms with E-state index in [-0.39, 0.29) is 24.5 Å². The first kappa shape index (κ1) is 17.5. The molecule has 0 fully saturated rings. The molecule has 2 aromatic heterocycles. The number of aromatic nitrogens is 2. The second-order valence-corrected chi connectivity index (χ2v) is 6.42. The second kappa shape index (κ2) is 7.68. The van der Waals surface area contributed by atoms with Crippen LogP contribution in [0.1, 0.15) is 28.9 Å². The fourth-order valence-electron chi connectivity index (χ4n) is 2.38. The van der Waals surface area contributed by atoms with E-state index in [0.717, 1.165) is 11.3 Å². The van der Waals surface area contributed by atoms with Gasteiger partial charge in [-0.05, 0) is 36.4 Å². The molecule has 25 heavy (non-hydrogen) atoms. The highest BCUT2D eigenvalue weighted by molar-refractivity contribution is 6.31. The van der Waals surface area contributed by atoms with Gasteiger partial charge >= 0.3 is 0 Å². The largest absolute Gasteiger partial charge is 0.350 e. The first-order chi connectivity index (χ1) is 12.0. The predicted octanol–water partition coefficient (Wildman–Crippen LogP) is 3.92. The number of nitrogens with zero attached hydrogens (tertiary/aromatic N) is 2. The van der Waals surface area contributed by atoms with Crippen LogP contribution in [0.25, 0.3) is 5.65 Å². The van der Waals surface area contributed by atoms with Gasteiger partial charge in [0.25, 0.3) is 0 Å². The van der Waals surface area contributed by atoms with Crippen LogP contribution in [-0.4, -0.2) is 21.1 Å². The number of imidazole rings is 1. The summed E-state index contributed by atoms with van der Waals surface area (Å²) < 4.78 is 1.83. The van der Waals surface area contributed by atoms with Gasteiger partial charge in [-0.3, -0.25) is 9.59 Å². The van der Waals surface area contributed by atoms with Crippen LogP contribution in [0.15, 0.2) is 48.8 Å². The number of carbonyl (C=O) groups is 2. The molecule has 1 aromatic carbocycles. The molecule has 0 atom stereocenters. The summed E-state index contributed by atoms with van der Waals surface area (Å²) in [7, 11) is 0. The maximum Gasteiger partial charge on any atom is 0.220 e. The van der Waals surface area contributed by atoms with Crippen LogP contribution in [0.2, 0.25) is 10.0 Å². The number of pyridine rings is 1. The van der Waals surface area contributed by atoms with Gasteiger partial charge in [0.1, 0.15) is 5.65 Å². The van der Waals surface area contributed by atoms with E-state index in [1.54, 1.807) is 42.6 Å². The Labute approximate surface area is 154 Å². The molecule has 0 spiro atoms. The summed E-state index contributed by atoms with van der Waals surface area (Å²) in [6.45, 7) is 0.299. The SMILES string of the molecule is O=C(CCC(=O)c1ccc(Cl)cc1)NCc1cn2ccc(Cl)cc2n1. The lowest BCUT2D eigenvalue weighted by atomic mass is 10.1. The number of hydrogen-bond acceptors (Lipinski definition) is 3. The van der Waals surface area contributed by atoms with Crippen molar-refractivity contribution in [2.45, 2.75) is 19.4 Å². The Morgan fingerprint density at radius 3 is 2.56 bits per heavy atom. The van der Waals surface area contributed by atoms with Crippen molar-refractivity contribution in [2.75, 3.05) is 0 Å². The molecule has 0 bridgehead atoms. The Morgan fingerprint density at radius 2 is 1.80 bits per heavy atom. The lowest BCUT2D eigenvalue weighted by molar-refractivity contribution is -0.121. The van der Waals surface area contributed by atoms with E-state index in [4.69, 9.17) is 23.2 Å². The van der Waals surface area contributed by atoms with Crippen molar-refractivity contribution in [2.24, 2.45) is 0 Å². The average Bonchev–Trinajstić information content (AvgIpc) is 3.00. The Kier molecular flexibility index (Phi) is 5.36. The van der Waals surface area contributed by atoms with Crippen molar-refractivity contribution in [3.8, 4) is 0 Å². The van der Waals surface area contributed by atoms with E-state index in [1.807, 2.05) is 10.6 Å². The average molecular weight is 376 g/mol. The number of Topliss-reactive ketones (excluding diaryl/α,β-unsaturated/α-hetero) is 1.